The van der Waals surface area contributed by atoms with E-state index in [9.17, 15) is 8.78 Å². The Bertz CT molecular complexity index is 886. The molecule has 0 aromatic carbocycles. The van der Waals surface area contributed by atoms with Crippen LogP contribution in [0.5, 0.6) is 0 Å². The number of fused-ring (bicyclic) bond motifs is 1. The van der Waals surface area contributed by atoms with Crippen LogP contribution in [0.15, 0.2) is 29.0 Å². The SMILES string of the molecule is Cc1noc(N)c1-c1cnc2ccn(CC3CCC(F)(F)CC3)c2c1. The van der Waals surface area contributed by atoms with Crippen LogP contribution >= 0.6 is 0 Å². The molecule has 1 aliphatic carbocycles. The van der Waals surface area contributed by atoms with Crippen LogP contribution in [0.25, 0.3) is 22.2 Å². The second-order valence-electron chi connectivity index (χ2n) is 6.90. The topological polar surface area (TPSA) is 69.9 Å². The molecule has 4 rings (SSSR count). The molecule has 3 aromatic heterocycles. The lowest BCUT2D eigenvalue weighted by Gasteiger charge is -2.28. The predicted molar refractivity (Wildman–Crippen MR) is 91.3 cm³/mol. The number of halogens is 2. The van der Waals surface area contributed by atoms with Gasteiger partial charge in [0.05, 0.1) is 22.3 Å². The maximum absolute atomic E-state index is 13.4. The number of nitrogens with zero attached hydrogens (tertiary/aromatic N) is 3. The van der Waals surface area contributed by atoms with Crippen molar-refractivity contribution in [2.75, 3.05) is 5.73 Å². The molecule has 1 fully saturated rings. The van der Waals surface area contributed by atoms with E-state index >= 15 is 0 Å². The maximum Gasteiger partial charge on any atom is 0.248 e. The maximum atomic E-state index is 13.4. The number of pyridine rings is 1. The molecule has 0 bridgehead atoms. The van der Waals surface area contributed by atoms with E-state index in [1.807, 2.05) is 25.3 Å². The quantitative estimate of drug-likeness (QED) is 0.763. The summed E-state index contributed by atoms with van der Waals surface area (Å²) in [7, 11) is 0. The van der Waals surface area contributed by atoms with E-state index in [0.717, 1.165) is 28.7 Å². The Morgan fingerprint density at radius 1 is 1.36 bits per heavy atom. The molecule has 0 atom stereocenters. The lowest BCUT2D eigenvalue weighted by atomic mass is 9.87. The van der Waals surface area contributed by atoms with Crippen molar-refractivity contribution in [3.63, 3.8) is 0 Å². The van der Waals surface area contributed by atoms with Crippen molar-refractivity contribution in [1.29, 1.82) is 0 Å². The summed E-state index contributed by atoms with van der Waals surface area (Å²) >= 11 is 0. The molecule has 25 heavy (non-hydrogen) atoms. The van der Waals surface area contributed by atoms with Gasteiger partial charge in [-0.05, 0) is 37.8 Å². The molecule has 0 amide bonds. The van der Waals surface area contributed by atoms with E-state index in [4.69, 9.17) is 10.3 Å². The van der Waals surface area contributed by atoms with Gasteiger partial charge in [-0.15, -0.1) is 0 Å². The number of rotatable bonds is 3. The van der Waals surface area contributed by atoms with Crippen molar-refractivity contribution in [3.05, 3.63) is 30.2 Å². The van der Waals surface area contributed by atoms with Crippen LogP contribution in [0.1, 0.15) is 31.4 Å². The van der Waals surface area contributed by atoms with Gasteiger partial charge < -0.3 is 14.8 Å². The fourth-order valence-electron chi connectivity index (χ4n) is 3.66. The molecule has 0 aliphatic heterocycles. The monoisotopic (exact) mass is 346 g/mol. The number of hydrogen-bond donors (Lipinski definition) is 1. The van der Waals surface area contributed by atoms with Gasteiger partial charge in [-0.3, -0.25) is 4.98 Å². The summed E-state index contributed by atoms with van der Waals surface area (Å²) in [5.41, 5.74) is 10.0. The Labute approximate surface area is 143 Å². The highest BCUT2D eigenvalue weighted by molar-refractivity contribution is 5.84. The third kappa shape index (κ3) is 2.99. The molecule has 0 spiro atoms. The standard InChI is InChI=1S/C18H20F2N4O/c1-11-16(17(21)25-23-11)13-8-15-14(22-9-13)4-7-24(15)10-12-2-5-18(19,20)6-3-12/h4,7-9,12H,2-3,5-6,10,21H2,1H3. The van der Waals surface area contributed by atoms with Crippen molar-refractivity contribution in [3.8, 4) is 11.1 Å². The second-order valence-corrected chi connectivity index (χ2v) is 6.90. The summed E-state index contributed by atoms with van der Waals surface area (Å²) in [6.07, 6.45) is 4.80. The van der Waals surface area contributed by atoms with Crippen molar-refractivity contribution >= 4 is 16.9 Å². The molecule has 0 saturated heterocycles. The molecule has 1 aliphatic rings. The molecule has 132 valence electrons. The van der Waals surface area contributed by atoms with Crippen molar-refractivity contribution in [2.24, 2.45) is 5.92 Å². The van der Waals surface area contributed by atoms with Crippen LogP contribution in [0.4, 0.5) is 14.7 Å². The number of nitrogens with two attached hydrogens (primary N) is 1. The van der Waals surface area contributed by atoms with Crippen molar-refractivity contribution < 1.29 is 13.3 Å². The molecular weight excluding hydrogens is 326 g/mol. The molecular formula is C18H20F2N4O. The van der Waals surface area contributed by atoms with Gasteiger partial charge in [0, 0.05) is 37.3 Å². The Morgan fingerprint density at radius 3 is 2.80 bits per heavy atom. The molecule has 5 nitrogen and oxygen atoms in total. The number of aryl methyl sites for hydroxylation is 1. The Kier molecular flexibility index (Phi) is 3.74. The molecule has 0 radical (unpaired) electrons. The molecule has 1 saturated carbocycles. The zero-order valence-electron chi connectivity index (χ0n) is 14.0. The number of alkyl halides is 2. The molecule has 0 unspecified atom stereocenters. The minimum atomic E-state index is -2.49. The van der Waals surface area contributed by atoms with Crippen LogP contribution in [-0.2, 0) is 6.54 Å². The smallest absolute Gasteiger partial charge is 0.248 e. The number of aromatic nitrogens is 3. The van der Waals surface area contributed by atoms with E-state index in [2.05, 4.69) is 14.7 Å². The molecule has 2 N–H and O–H groups in total. The molecule has 3 heterocycles. The summed E-state index contributed by atoms with van der Waals surface area (Å²) < 4.78 is 33.8. The minimum Gasteiger partial charge on any atom is -0.367 e. The fourth-order valence-corrected chi connectivity index (χ4v) is 3.66. The summed E-state index contributed by atoms with van der Waals surface area (Å²) in [5, 5.41) is 3.88. The highest BCUT2D eigenvalue weighted by Gasteiger charge is 2.34. The van der Waals surface area contributed by atoms with E-state index in [1.54, 1.807) is 6.20 Å². The van der Waals surface area contributed by atoms with Gasteiger partial charge in [0.2, 0.25) is 11.8 Å². The van der Waals surface area contributed by atoms with Gasteiger partial charge in [-0.1, -0.05) is 5.16 Å². The number of hydrogen-bond acceptors (Lipinski definition) is 4. The zero-order chi connectivity index (χ0) is 17.6. The van der Waals surface area contributed by atoms with Gasteiger partial charge in [0.25, 0.3) is 0 Å². The van der Waals surface area contributed by atoms with Gasteiger partial charge in [-0.25, -0.2) is 8.78 Å². The van der Waals surface area contributed by atoms with E-state index in [1.165, 1.54) is 0 Å². The zero-order valence-corrected chi connectivity index (χ0v) is 14.0. The lowest BCUT2D eigenvalue weighted by Crippen LogP contribution is -2.26. The van der Waals surface area contributed by atoms with Gasteiger partial charge >= 0.3 is 0 Å². The average Bonchev–Trinajstić information content (AvgIpc) is 3.12. The van der Waals surface area contributed by atoms with Gasteiger partial charge in [0.1, 0.15) is 0 Å². The summed E-state index contributed by atoms with van der Waals surface area (Å²) in [6, 6.07) is 3.95. The highest BCUT2D eigenvalue weighted by Crippen LogP contribution is 2.37. The van der Waals surface area contributed by atoms with Gasteiger partial charge in [-0.2, -0.15) is 0 Å². The number of nitrogen functional groups attached to an aromatic ring is 1. The normalized spacial score (nSPS) is 18.0. The number of anilines is 1. The van der Waals surface area contributed by atoms with Crippen molar-refractivity contribution in [1.82, 2.24) is 14.7 Å². The lowest BCUT2D eigenvalue weighted by molar-refractivity contribution is -0.0472. The van der Waals surface area contributed by atoms with Crippen LogP contribution in [0.3, 0.4) is 0 Å². The summed E-state index contributed by atoms with van der Waals surface area (Å²) in [5.74, 6) is -1.96. The third-order valence-electron chi connectivity index (χ3n) is 5.09. The first-order chi connectivity index (χ1) is 11.9. The van der Waals surface area contributed by atoms with Crippen LogP contribution in [0, 0.1) is 12.8 Å². The highest BCUT2D eigenvalue weighted by atomic mass is 19.3. The van der Waals surface area contributed by atoms with E-state index in [0.29, 0.717) is 18.5 Å². The Hall–Kier alpha value is -2.44. The Balaban J connectivity index is 1.63. The fraction of sp³-hybridized carbons (Fsp3) is 0.444. The first-order valence-corrected chi connectivity index (χ1v) is 8.48. The third-order valence-corrected chi connectivity index (χ3v) is 5.09. The van der Waals surface area contributed by atoms with Crippen LogP contribution in [0.2, 0.25) is 0 Å². The average molecular weight is 346 g/mol. The van der Waals surface area contributed by atoms with E-state index < -0.39 is 5.92 Å². The first-order valence-electron chi connectivity index (χ1n) is 8.48. The van der Waals surface area contributed by atoms with Gasteiger partial charge in [0.15, 0.2) is 0 Å². The van der Waals surface area contributed by atoms with Crippen LogP contribution in [-0.4, -0.2) is 20.6 Å². The van der Waals surface area contributed by atoms with Crippen LogP contribution < -0.4 is 5.73 Å². The Morgan fingerprint density at radius 2 is 2.12 bits per heavy atom. The predicted octanol–water partition coefficient (Wildman–Crippen LogP) is 4.41. The largest absolute Gasteiger partial charge is 0.367 e. The van der Waals surface area contributed by atoms with E-state index in [-0.39, 0.29) is 24.6 Å². The summed E-state index contributed by atoms with van der Waals surface area (Å²) in [4.78, 5) is 4.49. The molecule has 3 aromatic rings. The molecule has 7 heteroatoms. The summed E-state index contributed by atoms with van der Waals surface area (Å²) in [6.45, 7) is 2.56. The second kappa shape index (κ2) is 5.82. The first kappa shape index (κ1) is 16.1. The van der Waals surface area contributed by atoms with Crippen molar-refractivity contribution in [2.45, 2.75) is 45.1 Å². The minimum absolute atomic E-state index is 0.0171.